The van der Waals surface area contributed by atoms with Crippen molar-refractivity contribution in [2.45, 2.75) is 32.1 Å². The van der Waals surface area contributed by atoms with Crippen molar-refractivity contribution in [3.8, 4) is 0 Å². The number of anilines is 1. The van der Waals surface area contributed by atoms with E-state index in [1.807, 2.05) is 6.07 Å². The Labute approximate surface area is 130 Å². The summed E-state index contributed by atoms with van der Waals surface area (Å²) in [4.78, 5) is 23.4. The number of amides is 2. The standard InChI is InChI=1S/C17H22N2O3/c20-16-7-5-13-10-14(4-6-15(13)19-16)17(21)18-8-1-9-22-11-12-2-3-12/h4,6,10,12H,1-3,5,7-9,11H2,(H,18,21)(H,19,20). The van der Waals surface area contributed by atoms with Crippen LogP contribution >= 0.6 is 0 Å². The molecule has 1 fully saturated rings. The van der Waals surface area contributed by atoms with Crippen molar-refractivity contribution >= 4 is 17.5 Å². The molecule has 3 rings (SSSR count). The van der Waals surface area contributed by atoms with Crippen molar-refractivity contribution in [3.63, 3.8) is 0 Å². The van der Waals surface area contributed by atoms with E-state index in [1.54, 1.807) is 12.1 Å². The predicted octanol–water partition coefficient (Wildman–Crippen LogP) is 2.12. The third kappa shape index (κ3) is 4.07. The van der Waals surface area contributed by atoms with Crippen molar-refractivity contribution in [2.75, 3.05) is 25.1 Å². The number of ether oxygens (including phenoxy) is 1. The molecule has 0 saturated heterocycles. The fourth-order valence-electron chi connectivity index (χ4n) is 2.54. The molecule has 0 aromatic heterocycles. The van der Waals surface area contributed by atoms with E-state index >= 15 is 0 Å². The van der Waals surface area contributed by atoms with Crippen LogP contribution in [0.2, 0.25) is 0 Å². The Hall–Kier alpha value is -1.88. The summed E-state index contributed by atoms with van der Waals surface area (Å²) in [7, 11) is 0. The number of aryl methyl sites for hydroxylation is 1. The summed E-state index contributed by atoms with van der Waals surface area (Å²) in [5.74, 6) is 0.753. The largest absolute Gasteiger partial charge is 0.381 e. The highest BCUT2D eigenvalue weighted by molar-refractivity contribution is 5.97. The molecule has 0 radical (unpaired) electrons. The minimum Gasteiger partial charge on any atom is -0.381 e. The number of benzene rings is 1. The molecule has 22 heavy (non-hydrogen) atoms. The number of carbonyl (C=O) groups excluding carboxylic acids is 2. The maximum atomic E-state index is 12.1. The Morgan fingerprint density at radius 1 is 1.32 bits per heavy atom. The topological polar surface area (TPSA) is 67.4 Å². The second-order valence-electron chi connectivity index (χ2n) is 6.05. The second kappa shape index (κ2) is 6.92. The van der Waals surface area contributed by atoms with Crippen molar-refractivity contribution in [3.05, 3.63) is 29.3 Å². The average molecular weight is 302 g/mol. The van der Waals surface area contributed by atoms with Gasteiger partial charge in [0, 0.05) is 37.4 Å². The van der Waals surface area contributed by atoms with Gasteiger partial charge in [0.25, 0.3) is 5.91 Å². The van der Waals surface area contributed by atoms with Crippen molar-refractivity contribution < 1.29 is 14.3 Å². The van der Waals surface area contributed by atoms with E-state index < -0.39 is 0 Å². The molecule has 2 aliphatic rings. The Morgan fingerprint density at radius 3 is 3.00 bits per heavy atom. The van der Waals surface area contributed by atoms with Gasteiger partial charge in [-0.3, -0.25) is 9.59 Å². The first-order valence-electron chi connectivity index (χ1n) is 8.01. The summed E-state index contributed by atoms with van der Waals surface area (Å²) in [6.07, 6.45) is 4.61. The first-order chi connectivity index (χ1) is 10.7. The van der Waals surface area contributed by atoms with Crippen LogP contribution in [0.1, 0.15) is 41.6 Å². The molecule has 1 heterocycles. The van der Waals surface area contributed by atoms with Crippen molar-refractivity contribution in [1.82, 2.24) is 5.32 Å². The lowest BCUT2D eigenvalue weighted by Gasteiger charge is -2.17. The summed E-state index contributed by atoms with van der Waals surface area (Å²) < 4.78 is 5.54. The first kappa shape index (κ1) is 15.0. The van der Waals surface area contributed by atoms with Crippen LogP contribution < -0.4 is 10.6 Å². The van der Waals surface area contributed by atoms with Gasteiger partial charge in [-0.2, -0.15) is 0 Å². The maximum absolute atomic E-state index is 12.1. The average Bonchev–Trinajstić information content (AvgIpc) is 3.34. The van der Waals surface area contributed by atoms with Crippen LogP contribution in [0.15, 0.2) is 18.2 Å². The van der Waals surface area contributed by atoms with Crippen molar-refractivity contribution in [2.24, 2.45) is 5.92 Å². The number of carbonyl (C=O) groups is 2. The highest BCUT2D eigenvalue weighted by atomic mass is 16.5. The Kier molecular flexibility index (Phi) is 4.73. The highest BCUT2D eigenvalue weighted by Crippen LogP contribution is 2.28. The van der Waals surface area contributed by atoms with Crippen LogP contribution in [-0.4, -0.2) is 31.6 Å². The molecule has 1 aromatic rings. The zero-order valence-corrected chi connectivity index (χ0v) is 12.7. The van der Waals surface area contributed by atoms with Gasteiger partial charge in [-0.05, 0) is 55.4 Å². The smallest absolute Gasteiger partial charge is 0.251 e. The Morgan fingerprint density at radius 2 is 2.18 bits per heavy atom. The van der Waals surface area contributed by atoms with E-state index in [9.17, 15) is 9.59 Å². The van der Waals surface area contributed by atoms with Gasteiger partial charge in [0.2, 0.25) is 5.91 Å². The molecule has 0 spiro atoms. The van der Waals surface area contributed by atoms with E-state index in [0.29, 0.717) is 31.6 Å². The van der Waals surface area contributed by atoms with Gasteiger partial charge in [-0.25, -0.2) is 0 Å². The summed E-state index contributed by atoms with van der Waals surface area (Å²) in [5.41, 5.74) is 2.50. The van der Waals surface area contributed by atoms with Gasteiger partial charge >= 0.3 is 0 Å². The van der Waals surface area contributed by atoms with E-state index in [-0.39, 0.29) is 11.8 Å². The minimum absolute atomic E-state index is 0.0379. The molecule has 0 atom stereocenters. The Balaban J connectivity index is 1.42. The lowest BCUT2D eigenvalue weighted by Crippen LogP contribution is -2.26. The molecule has 1 saturated carbocycles. The van der Waals surface area contributed by atoms with Crippen LogP contribution in [0.3, 0.4) is 0 Å². The minimum atomic E-state index is -0.0677. The highest BCUT2D eigenvalue weighted by Gasteiger charge is 2.21. The molecule has 1 aliphatic carbocycles. The van der Waals surface area contributed by atoms with Gasteiger partial charge in [0.1, 0.15) is 0 Å². The van der Waals surface area contributed by atoms with Crippen LogP contribution in [-0.2, 0) is 16.0 Å². The molecule has 1 aliphatic heterocycles. The fourth-order valence-corrected chi connectivity index (χ4v) is 2.54. The monoisotopic (exact) mass is 302 g/mol. The van der Waals surface area contributed by atoms with Gasteiger partial charge < -0.3 is 15.4 Å². The van der Waals surface area contributed by atoms with E-state index in [2.05, 4.69) is 10.6 Å². The van der Waals surface area contributed by atoms with E-state index in [4.69, 9.17) is 4.74 Å². The summed E-state index contributed by atoms with van der Waals surface area (Å²) >= 11 is 0. The number of hydrogen-bond donors (Lipinski definition) is 2. The molecule has 5 nitrogen and oxygen atoms in total. The summed E-state index contributed by atoms with van der Waals surface area (Å²) in [5, 5.41) is 5.73. The Bertz CT molecular complexity index is 567. The molecule has 5 heteroatoms. The van der Waals surface area contributed by atoms with Gasteiger partial charge in [0.05, 0.1) is 0 Å². The molecule has 1 aromatic carbocycles. The second-order valence-corrected chi connectivity index (χ2v) is 6.05. The molecule has 0 unspecified atom stereocenters. The van der Waals surface area contributed by atoms with Crippen LogP contribution in [0, 0.1) is 5.92 Å². The lowest BCUT2D eigenvalue weighted by molar-refractivity contribution is -0.116. The number of hydrogen-bond acceptors (Lipinski definition) is 3. The van der Waals surface area contributed by atoms with E-state index in [1.165, 1.54) is 12.8 Å². The fraction of sp³-hybridized carbons (Fsp3) is 0.529. The third-order valence-electron chi connectivity index (χ3n) is 4.06. The third-order valence-corrected chi connectivity index (χ3v) is 4.06. The lowest BCUT2D eigenvalue weighted by atomic mass is 10.00. The van der Waals surface area contributed by atoms with Crippen LogP contribution in [0.4, 0.5) is 5.69 Å². The molecule has 118 valence electrons. The number of rotatable bonds is 7. The van der Waals surface area contributed by atoms with E-state index in [0.717, 1.165) is 30.2 Å². The van der Waals surface area contributed by atoms with Crippen LogP contribution in [0.5, 0.6) is 0 Å². The van der Waals surface area contributed by atoms with Gasteiger partial charge in [0.15, 0.2) is 0 Å². The molecule has 2 amide bonds. The SMILES string of the molecule is O=C1CCc2cc(C(=O)NCCCOCC3CC3)ccc2N1. The maximum Gasteiger partial charge on any atom is 0.251 e. The molecule has 2 N–H and O–H groups in total. The molecular weight excluding hydrogens is 280 g/mol. The molecular formula is C17H22N2O3. The molecule has 0 bridgehead atoms. The predicted molar refractivity (Wildman–Crippen MR) is 83.9 cm³/mol. The normalized spacial score (nSPS) is 16.8. The summed E-state index contributed by atoms with van der Waals surface area (Å²) in [6, 6.07) is 5.43. The zero-order valence-electron chi connectivity index (χ0n) is 12.7. The number of fused-ring (bicyclic) bond motifs is 1. The van der Waals surface area contributed by atoms with Crippen molar-refractivity contribution in [1.29, 1.82) is 0 Å². The first-order valence-corrected chi connectivity index (χ1v) is 8.01. The zero-order chi connectivity index (χ0) is 15.4. The van der Waals surface area contributed by atoms with Crippen LogP contribution in [0.25, 0.3) is 0 Å². The van der Waals surface area contributed by atoms with Gasteiger partial charge in [-0.1, -0.05) is 0 Å². The number of nitrogens with one attached hydrogen (secondary N) is 2. The van der Waals surface area contributed by atoms with Gasteiger partial charge in [-0.15, -0.1) is 0 Å². The summed E-state index contributed by atoms with van der Waals surface area (Å²) in [6.45, 7) is 2.19. The quantitative estimate of drug-likeness (QED) is 0.758.